The molecule has 1 aliphatic rings. The van der Waals surface area contributed by atoms with Crippen molar-refractivity contribution in [3.63, 3.8) is 0 Å². The Labute approximate surface area is 92.6 Å². The van der Waals surface area contributed by atoms with E-state index >= 15 is 0 Å². The number of nitrogens with zero attached hydrogens (tertiary/aromatic N) is 1. The van der Waals surface area contributed by atoms with E-state index in [9.17, 15) is 0 Å². The smallest absolute Gasteiger partial charge is 0.0753 e. The predicted molar refractivity (Wildman–Crippen MR) is 61.0 cm³/mol. The normalized spacial score (nSPS) is 24.0. The fourth-order valence-corrected chi connectivity index (χ4v) is 1.97. The molecular formula is C11H24N2O2. The van der Waals surface area contributed by atoms with Crippen molar-refractivity contribution in [1.82, 2.24) is 10.2 Å². The van der Waals surface area contributed by atoms with Gasteiger partial charge in [-0.25, -0.2) is 0 Å². The second-order valence-corrected chi connectivity index (χ2v) is 4.84. The summed E-state index contributed by atoms with van der Waals surface area (Å²) in [5.74, 6) is 0. The molecule has 1 rings (SSSR count). The van der Waals surface area contributed by atoms with Crippen molar-refractivity contribution >= 4 is 0 Å². The van der Waals surface area contributed by atoms with Gasteiger partial charge in [0, 0.05) is 19.1 Å². The van der Waals surface area contributed by atoms with Crippen molar-refractivity contribution < 1.29 is 9.84 Å². The van der Waals surface area contributed by atoms with E-state index in [1.54, 1.807) is 0 Å². The highest BCUT2D eigenvalue weighted by Crippen LogP contribution is 2.16. The van der Waals surface area contributed by atoms with Gasteiger partial charge in [0.25, 0.3) is 0 Å². The van der Waals surface area contributed by atoms with Gasteiger partial charge in [-0.2, -0.15) is 0 Å². The van der Waals surface area contributed by atoms with Gasteiger partial charge in [-0.15, -0.1) is 0 Å². The van der Waals surface area contributed by atoms with Crippen LogP contribution in [0, 0.1) is 0 Å². The van der Waals surface area contributed by atoms with E-state index in [4.69, 9.17) is 9.84 Å². The van der Waals surface area contributed by atoms with Crippen molar-refractivity contribution in [2.75, 3.05) is 39.9 Å². The van der Waals surface area contributed by atoms with Crippen molar-refractivity contribution in [2.45, 2.75) is 31.9 Å². The number of likely N-dealkylation sites (N-methyl/N-ethyl adjacent to an activating group) is 1. The zero-order valence-corrected chi connectivity index (χ0v) is 10.1. The van der Waals surface area contributed by atoms with Gasteiger partial charge in [0.1, 0.15) is 0 Å². The van der Waals surface area contributed by atoms with Crippen LogP contribution in [0.1, 0.15) is 20.3 Å². The van der Waals surface area contributed by atoms with Crippen LogP contribution in [-0.2, 0) is 4.74 Å². The molecule has 4 heteroatoms. The molecule has 0 radical (unpaired) electrons. The van der Waals surface area contributed by atoms with Crippen LogP contribution in [0.3, 0.4) is 0 Å². The maximum atomic E-state index is 9.05. The summed E-state index contributed by atoms with van der Waals surface area (Å²) < 4.78 is 5.65. The average Bonchev–Trinajstić information content (AvgIpc) is 2.18. The van der Waals surface area contributed by atoms with E-state index in [0.717, 1.165) is 32.7 Å². The van der Waals surface area contributed by atoms with Gasteiger partial charge in [-0.1, -0.05) is 0 Å². The first kappa shape index (κ1) is 12.9. The third kappa shape index (κ3) is 4.47. The molecule has 0 bridgehead atoms. The lowest BCUT2D eigenvalue weighted by molar-refractivity contribution is -0.0866. The van der Waals surface area contributed by atoms with Gasteiger partial charge < -0.3 is 15.2 Å². The molecule has 0 spiro atoms. The Balaban J connectivity index is 2.26. The zero-order chi connectivity index (χ0) is 11.3. The second-order valence-electron chi connectivity index (χ2n) is 4.84. The molecule has 1 aliphatic heterocycles. The van der Waals surface area contributed by atoms with Crippen LogP contribution in [0.2, 0.25) is 0 Å². The minimum Gasteiger partial charge on any atom is -0.395 e. The molecule has 1 saturated heterocycles. The van der Waals surface area contributed by atoms with Gasteiger partial charge in [-0.05, 0) is 33.9 Å². The van der Waals surface area contributed by atoms with Gasteiger partial charge in [0.15, 0.2) is 0 Å². The summed E-state index contributed by atoms with van der Waals surface area (Å²) >= 11 is 0. The average molecular weight is 216 g/mol. The maximum Gasteiger partial charge on any atom is 0.0753 e. The Kier molecular flexibility index (Phi) is 4.99. The minimum atomic E-state index is -0.0212. The first-order valence-electron chi connectivity index (χ1n) is 5.72. The first-order valence-corrected chi connectivity index (χ1v) is 5.72. The van der Waals surface area contributed by atoms with Crippen molar-refractivity contribution in [1.29, 1.82) is 0 Å². The van der Waals surface area contributed by atoms with Crippen LogP contribution >= 0.6 is 0 Å². The monoisotopic (exact) mass is 216 g/mol. The predicted octanol–water partition coefficient (Wildman–Crippen LogP) is 0.0676. The number of morpholine rings is 1. The Morgan fingerprint density at radius 3 is 2.80 bits per heavy atom. The van der Waals surface area contributed by atoms with Crippen LogP contribution in [0.5, 0.6) is 0 Å². The molecule has 0 aliphatic carbocycles. The Morgan fingerprint density at radius 2 is 2.27 bits per heavy atom. The molecule has 1 atom stereocenters. The minimum absolute atomic E-state index is 0.0212. The second kappa shape index (κ2) is 5.80. The van der Waals surface area contributed by atoms with Gasteiger partial charge in [-0.3, -0.25) is 4.90 Å². The van der Waals surface area contributed by atoms with E-state index in [1.807, 2.05) is 7.05 Å². The zero-order valence-electron chi connectivity index (χ0n) is 10.1. The van der Waals surface area contributed by atoms with Gasteiger partial charge >= 0.3 is 0 Å². The quantitative estimate of drug-likeness (QED) is 0.682. The fourth-order valence-electron chi connectivity index (χ4n) is 1.97. The first-order chi connectivity index (χ1) is 7.07. The van der Waals surface area contributed by atoms with Crippen LogP contribution in [0.25, 0.3) is 0 Å². The number of aliphatic hydroxyl groups excluding tert-OH is 1. The molecule has 1 heterocycles. The summed E-state index contributed by atoms with van der Waals surface area (Å²) in [7, 11) is 1.89. The maximum absolute atomic E-state index is 9.05. The van der Waals surface area contributed by atoms with Crippen LogP contribution < -0.4 is 5.32 Å². The molecule has 2 N–H and O–H groups in total. The number of aliphatic hydroxyl groups is 1. The standard InChI is InChI=1S/C11H24N2O2/c1-11(2)9-13(6-7-15-11)5-4-10(8-14)12-3/h10,12,14H,4-9H2,1-3H3. The Morgan fingerprint density at radius 1 is 1.53 bits per heavy atom. The summed E-state index contributed by atoms with van der Waals surface area (Å²) in [6, 6.07) is 0.218. The van der Waals surface area contributed by atoms with Crippen LogP contribution in [0.4, 0.5) is 0 Å². The fraction of sp³-hybridized carbons (Fsp3) is 1.00. The van der Waals surface area contributed by atoms with Crippen LogP contribution in [0.15, 0.2) is 0 Å². The number of ether oxygens (including phenoxy) is 1. The van der Waals surface area contributed by atoms with E-state index in [-0.39, 0.29) is 18.2 Å². The number of hydrogen-bond donors (Lipinski definition) is 2. The van der Waals surface area contributed by atoms with Crippen LogP contribution in [-0.4, -0.2) is 61.5 Å². The summed E-state index contributed by atoms with van der Waals surface area (Å²) in [5, 5.41) is 12.2. The highest BCUT2D eigenvalue weighted by molar-refractivity contribution is 4.79. The third-order valence-corrected chi connectivity index (χ3v) is 2.93. The number of hydrogen-bond acceptors (Lipinski definition) is 4. The molecule has 4 nitrogen and oxygen atoms in total. The summed E-state index contributed by atoms with van der Waals surface area (Å²) in [6.07, 6.45) is 0.989. The molecule has 90 valence electrons. The summed E-state index contributed by atoms with van der Waals surface area (Å²) in [6.45, 7) is 8.29. The molecule has 1 fully saturated rings. The van der Waals surface area contributed by atoms with Crippen molar-refractivity contribution in [2.24, 2.45) is 0 Å². The van der Waals surface area contributed by atoms with E-state index in [1.165, 1.54) is 0 Å². The van der Waals surface area contributed by atoms with E-state index in [2.05, 4.69) is 24.1 Å². The van der Waals surface area contributed by atoms with E-state index < -0.39 is 0 Å². The molecule has 15 heavy (non-hydrogen) atoms. The number of rotatable bonds is 5. The lowest BCUT2D eigenvalue weighted by Crippen LogP contribution is -2.49. The van der Waals surface area contributed by atoms with Crippen molar-refractivity contribution in [3.8, 4) is 0 Å². The highest BCUT2D eigenvalue weighted by Gasteiger charge is 2.26. The van der Waals surface area contributed by atoms with E-state index in [0.29, 0.717) is 0 Å². The molecule has 1 unspecified atom stereocenters. The summed E-state index contributed by atoms with van der Waals surface area (Å²) in [4.78, 5) is 2.41. The lowest BCUT2D eigenvalue weighted by Gasteiger charge is -2.38. The largest absolute Gasteiger partial charge is 0.395 e. The molecule has 0 aromatic carbocycles. The Bertz CT molecular complexity index is 181. The Hall–Kier alpha value is -0.160. The topological polar surface area (TPSA) is 44.7 Å². The molecule has 0 amide bonds. The molecular weight excluding hydrogens is 192 g/mol. The number of nitrogens with one attached hydrogen (secondary N) is 1. The molecule has 0 aromatic heterocycles. The lowest BCUT2D eigenvalue weighted by atomic mass is 10.1. The molecule has 0 saturated carbocycles. The molecule has 0 aromatic rings. The third-order valence-electron chi connectivity index (χ3n) is 2.93. The SMILES string of the molecule is CNC(CO)CCN1CCOC(C)(C)C1. The van der Waals surface area contributed by atoms with Gasteiger partial charge in [0.05, 0.1) is 18.8 Å². The van der Waals surface area contributed by atoms with Crippen molar-refractivity contribution in [3.05, 3.63) is 0 Å². The highest BCUT2D eigenvalue weighted by atomic mass is 16.5. The summed E-state index contributed by atoms with van der Waals surface area (Å²) in [5.41, 5.74) is -0.0212. The van der Waals surface area contributed by atoms with Gasteiger partial charge in [0.2, 0.25) is 0 Å².